The van der Waals surface area contributed by atoms with Gasteiger partial charge in [0.15, 0.2) is 0 Å². The van der Waals surface area contributed by atoms with E-state index in [9.17, 15) is 13.2 Å². The van der Waals surface area contributed by atoms with Gasteiger partial charge in [-0.2, -0.15) is 4.31 Å². The second-order valence-electron chi connectivity index (χ2n) is 7.76. The second-order valence-corrected chi connectivity index (χ2v) is 9.70. The molecule has 1 heterocycles. The van der Waals surface area contributed by atoms with Crippen LogP contribution in [0.25, 0.3) is 0 Å². The topological polar surface area (TPSA) is 66.9 Å². The van der Waals surface area contributed by atoms with Gasteiger partial charge in [0.1, 0.15) is 0 Å². The fourth-order valence-corrected chi connectivity index (χ4v) is 4.91. The zero-order valence-electron chi connectivity index (χ0n) is 17.7. The van der Waals surface area contributed by atoms with Crippen molar-refractivity contribution in [1.29, 1.82) is 0 Å². The van der Waals surface area contributed by atoms with Crippen molar-refractivity contribution >= 4 is 15.9 Å². The van der Waals surface area contributed by atoms with Gasteiger partial charge in [0, 0.05) is 32.1 Å². The van der Waals surface area contributed by atoms with Crippen molar-refractivity contribution in [3.05, 3.63) is 65.7 Å². The van der Waals surface area contributed by atoms with Crippen molar-refractivity contribution in [1.82, 2.24) is 9.21 Å². The Morgan fingerprint density at radius 1 is 1.00 bits per heavy atom. The second kappa shape index (κ2) is 10.2. The Labute approximate surface area is 179 Å². The molecule has 2 aromatic carbocycles. The van der Waals surface area contributed by atoms with Crippen molar-refractivity contribution in [3.63, 3.8) is 0 Å². The predicted molar refractivity (Wildman–Crippen MR) is 116 cm³/mol. The molecule has 0 saturated carbocycles. The summed E-state index contributed by atoms with van der Waals surface area (Å²) < 4.78 is 32.1. The van der Waals surface area contributed by atoms with E-state index in [0.717, 1.165) is 11.1 Å². The average Bonchev–Trinajstić information content (AvgIpc) is 2.77. The first-order chi connectivity index (χ1) is 14.4. The highest BCUT2D eigenvalue weighted by molar-refractivity contribution is 7.89. The van der Waals surface area contributed by atoms with Crippen molar-refractivity contribution < 1.29 is 17.9 Å². The van der Waals surface area contributed by atoms with E-state index >= 15 is 0 Å². The smallest absolute Gasteiger partial charge is 0.243 e. The van der Waals surface area contributed by atoms with E-state index in [-0.39, 0.29) is 16.8 Å². The van der Waals surface area contributed by atoms with Crippen LogP contribution in [0.4, 0.5) is 0 Å². The molecule has 7 heteroatoms. The molecule has 1 amide bonds. The summed E-state index contributed by atoms with van der Waals surface area (Å²) in [6, 6.07) is 17.0. The van der Waals surface area contributed by atoms with E-state index in [0.29, 0.717) is 45.7 Å². The van der Waals surface area contributed by atoms with E-state index in [1.54, 1.807) is 24.3 Å². The molecule has 0 aromatic heterocycles. The predicted octanol–water partition coefficient (Wildman–Crippen LogP) is 3.08. The van der Waals surface area contributed by atoms with Gasteiger partial charge in [0.2, 0.25) is 15.9 Å². The zero-order chi connectivity index (χ0) is 21.6. The summed E-state index contributed by atoms with van der Waals surface area (Å²) >= 11 is 0. The van der Waals surface area contributed by atoms with Crippen molar-refractivity contribution in [2.24, 2.45) is 0 Å². The molecule has 0 atom stereocenters. The highest BCUT2D eigenvalue weighted by atomic mass is 32.2. The van der Waals surface area contributed by atoms with E-state index < -0.39 is 10.0 Å². The van der Waals surface area contributed by atoms with E-state index in [2.05, 4.69) is 0 Å². The largest absolute Gasteiger partial charge is 0.379 e. The maximum Gasteiger partial charge on any atom is 0.243 e. The molecule has 162 valence electrons. The molecule has 0 radical (unpaired) electrons. The molecule has 0 bridgehead atoms. The van der Waals surface area contributed by atoms with Gasteiger partial charge in [-0.1, -0.05) is 42.5 Å². The molecule has 0 unspecified atom stereocenters. The van der Waals surface area contributed by atoms with Crippen LogP contribution < -0.4 is 0 Å². The summed E-state index contributed by atoms with van der Waals surface area (Å²) in [5.41, 5.74) is 2.06. The van der Waals surface area contributed by atoms with Gasteiger partial charge in [0.05, 0.1) is 18.1 Å². The third-order valence-corrected chi connectivity index (χ3v) is 7.21. The van der Waals surface area contributed by atoms with Crippen LogP contribution in [0, 0.1) is 0 Å². The maximum absolute atomic E-state index is 12.8. The average molecular weight is 431 g/mol. The number of hydrogen-bond acceptors (Lipinski definition) is 4. The minimum atomic E-state index is -3.49. The first-order valence-corrected chi connectivity index (χ1v) is 11.8. The fourth-order valence-electron chi connectivity index (χ4n) is 3.50. The highest BCUT2D eigenvalue weighted by Crippen LogP contribution is 2.19. The Morgan fingerprint density at radius 2 is 1.63 bits per heavy atom. The lowest BCUT2D eigenvalue weighted by Crippen LogP contribution is -2.40. The minimum Gasteiger partial charge on any atom is -0.379 e. The van der Waals surface area contributed by atoms with Crippen LogP contribution >= 0.6 is 0 Å². The molecule has 1 fully saturated rings. The maximum atomic E-state index is 12.8. The van der Waals surface area contributed by atoms with Crippen LogP contribution in [0.15, 0.2) is 59.5 Å². The number of sulfonamides is 1. The van der Waals surface area contributed by atoms with Crippen molar-refractivity contribution in [3.8, 4) is 0 Å². The third-order valence-electron chi connectivity index (χ3n) is 5.30. The van der Waals surface area contributed by atoms with E-state index in [1.807, 2.05) is 49.1 Å². The number of benzene rings is 2. The van der Waals surface area contributed by atoms with Crippen LogP contribution in [0.3, 0.4) is 0 Å². The molecule has 3 rings (SSSR count). The summed E-state index contributed by atoms with van der Waals surface area (Å²) in [7, 11) is -3.49. The van der Waals surface area contributed by atoms with Gasteiger partial charge in [-0.15, -0.1) is 0 Å². The number of nitrogens with zero attached hydrogens (tertiary/aromatic N) is 2. The van der Waals surface area contributed by atoms with Crippen LogP contribution in [0.2, 0.25) is 0 Å². The quantitative estimate of drug-likeness (QED) is 0.646. The lowest BCUT2D eigenvalue weighted by molar-refractivity contribution is -0.133. The Kier molecular flexibility index (Phi) is 7.64. The third kappa shape index (κ3) is 5.68. The number of carbonyl (C=O) groups is 1. The number of hydrogen-bond donors (Lipinski definition) is 0. The van der Waals surface area contributed by atoms with Crippen LogP contribution in [-0.2, 0) is 32.5 Å². The van der Waals surface area contributed by atoms with Crippen LogP contribution in [-0.4, -0.2) is 55.9 Å². The van der Waals surface area contributed by atoms with Crippen LogP contribution in [0.1, 0.15) is 31.4 Å². The Morgan fingerprint density at radius 3 is 2.23 bits per heavy atom. The van der Waals surface area contributed by atoms with E-state index in [4.69, 9.17) is 4.74 Å². The number of carbonyl (C=O) groups excluding carboxylic acids is 1. The monoisotopic (exact) mass is 430 g/mol. The number of amides is 1. The van der Waals surface area contributed by atoms with Crippen molar-refractivity contribution in [2.45, 2.75) is 44.2 Å². The highest BCUT2D eigenvalue weighted by Gasteiger charge is 2.26. The lowest BCUT2D eigenvalue weighted by atomic mass is 10.1. The molecular weight excluding hydrogens is 400 g/mol. The number of ether oxygens (including phenoxy) is 1. The zero-order valence-corrected chi connectivity index (χ0v) is 18.5. The summed E-state index contributed by atoms with van der Waals surface area (Å²) in [5, 5.41) is 0. The lowest BCUT2D eigenvalue weighted by Gasteiger charge is -2.27. The van der Waals surface area contributed by atoms with Gasteiger partial charge in [-0.25, -0.2) is 8.42 Å². The molecule has 0 spiro atoms. The molecule has 0 N–H and O–H groups in total. The van der Waals surface area contributed by atoms with Gasteiger partial charge < -0.3 is 9.64 Å². The fraction of sp³-hybridized carbons (Fsp3) is 0.435. The van der Waals surface area contributed by atoms with Crippen LogP contribution in [0.5, 0.6) is 0 Å². The van der Waals surface area contributed by atoms with Gasteiger partial charge >= 0.3 is 0 Å². The molecule has 2 aromatic rings. The van der Waals surface area contributed by atoms with Crippen molar-refractivity contribution in [2.75, 3.05) is 26.3 Å². The Balaban J connectivity index is 1.60. The summed E-state index contributed by atoms with van der Waals surface area (Å²) in [4.78, 5) is 15.0. The number of aryl methyl sites for hydroxylation is 1. The first kappa shape index (κ1) is 22.5. The Bertz CT molecular complexity index is 921. The molecule has 1 saturated heterocycles. The molecule has 0 aliphatic carbocycles. The minimum absolute atomic E-state index is 0.0962. The number of morpholine rings is 1. The molecular formula is C23H30N2O4S. The Hall–Kier alpha value is -2.22. The first-order valence-electron chi connectivity index (χ1n) is 10.4. The van der Waals surface area contributed by atoms with Gasteiger partial charge in [0.25, 0.3) is 0 Å². The van der Waals surface area contributed by atoms with E-state index in [1.165, 1.54) is 4.31 Å². The molecule has 6 nitrogen and oxygen atoms in total. The summed E-state index contributed by atoms with van der Waals surface area (Å²) in [6.45, 7) is 6.24. The SMILES string of the molecule is CC(C)N(Cc1ccccc1)C(=O)CCc1ccc(S(=O)(=O)N2CCOCC2)cc1. The molecule has 30 heavy (non-hydrogen) atoms. The number of rotatable bonds is 8. The molecule has 1 aliphatic heterocycles. The summed E-state index contributed by atoms with van der Waals surface area (Å²) in [5.74, 6) is 0.0962. The standard InChI is InChI=1S/C23H30N2O4S/c1-19(2)25(18-21-6-4-3-5-7-21)23(26)13-10-20-8-11-22(12-9-20)30(27,28)24-14-16-29-17-15-24/h3-9,11-12,19H,10,13-18H2,1-2H3. The summed E-state index contributed by atoms with van der Waals surface area (Å²) in [6.07, 6.45) is 0.968. The van der Waals surface area contributed by atoms with Gasteiger partial charge in [-0.05, 0) is 43.5 Å². The van der Waals surface area contributed by atoms with Gasteiger partial charge in [-0.3, -0.25) is 4.79 Å². The molecule has 1 aliphatic rings. The normalized spacial score (nSPS) is 15.3.